The highest BCUT2D eigenvalue weighted by molar-refractivity contribution is 7.47. The van der Waals surface area contributed by atoms with Crippen LogP contribution < -0.4 is 0 Å². The van der Waals surface area contributed by atoms with E-state index in [4.69, 9.17) is 37.0 Å². The molecule has 3 N–H and O–H groups in total. The van der Waals surface area contributed by atoms with Crippen molar-refractivity contribution in [2.24, 2.45) is 11.8 Å². The fourth-order valence-electron chi connectivity index (χ4n) is 13.8. The zero-order valence-electron chi connectivity index (χ0n) is 70.5. The summed E-state index contributed by atoms with van der Waals surface area (Å²) in [6.07, 6.45) is 72.2. The number of esters is 4. The van der Waals surface area contributed by atoms with E-state index in [0.29, 0.717) is 25.7 Å². The van der Waals surface area contributed by atoms with Crippen LogP contribution in [0.3, 0.4) is 0 Å². The van der Waals surface area contributed by atoms with Gasteiger partial charge in [-0.25, -0.2) is 9.13 Å². The molecule has 0 aromatic rings. The predicted octanol–water partition coefficient (Wildman–Crippen LogP) is 27.0. The maximum Gasteiger partial charge on any atom is 0.472 e. The van der Waals surface area contributed by atoms with Crippen LogP contribution in [0.15, 0.2) is 0 Å². The molecule has 0 amide bonds. The molecule has 0 aromatic heterocycles. The lowest BCUT2D eigenvalue weighted by Gasteiger charge is -2.21. The molecular formula is C88H172O17P2. The summed E-state index contributed by atoms with van der Waals surface area (Å²) >= 11 is 0. The van der Waals surface area contributed by atoms with Gasteiger partial charge in [-0.15, -0.1) is 0 Å². The SMILES string of the molecule is CCCCCCCCCCCCCCCCCCCCCCCC(=O)O[C@H](COC(=O)CCCCCCCCCCCCCCCCCCC(C)C)COP(=O)(O)OC[C@@H](O)COP(=O)(O)OC[C@@H](COC(=O)CCCCCCCCCCCCC)OC(=O)CCCCCCCCCCCCCCCC(C)C. The molecule has 0 aromatic carbocycles. The Morgan fingerprint density at radius 3 is 0.636 bits per heavy atom. The van der Waals surface area contributed by atoms with Crippen LogP contribution in [0, 0.1) is 11.8 Å². The zero-order chi connectivity index (χ0) is 78.5. The van der Waals surface area contributed by atoms with Crippen LogP contribution >= 0.6 is 15.6 Å². The quantitative estimate of drug-likeness (QED) is 0.0222. The van der Waals surface area contributed by atoms with Crippen molar-refractivity contribution >= 4 is 39.5 Å². The number of carbonyl (C=O) groups excluding carboxylic acids is 4. The Morgan fingerprint density at radius 1 is 0.252 bits per heavy atom. The third-order valence-corrected chi connectivity index (χ3v) is 22.6. The molecule has 0 rings (SSSR count). The number of aliphatic hydroxyl groups excluding tert-OH is 1. The fourth-order valence-corrected chi connectivity index (χ4v) is 15.4. The van der Waals surface area contributed by atoms with Gasteiger partial charge in [-0.1, -0.05) is 420 Å². The van der Waals surface area contributed by atoms with Crippen LogP contribution in [0.4, 0.5) is 0 Å². The molecule has 0 bridgehead atoms. The molecule has 19 heteroatoms. The van der Waals surface area contributed by atoms with Gasteiger partial charge >= 0.3 is 39.5 Å². The van der Waals surface area contributed by atoms with Crippen molar-refractivity contribution in [2.45, 2.75) is 490 Å². The molecule has 17 nitrogen and oxygen atoms in total. The lowest BCUT2D eigenvalue weighted by molar-refractivity contribution is -0.161. The Bertz CT molecular complexity index is 2050. The largest absolute Gasteiger partial charge is 0.472 e. The van der Waals surface area contributed by atoms with Crippen molar-refractivity contribution in [2.75, 3.05) is 39.6 Å². The van der Waals surface area contributed by atoms with Crippen molar-refractivity contribution in [1.82, 2.24) is 0 Å². The van der Waals surface area contributed by atoms with Gasteiger partial charge in [0.2, 0.25) is 0 Å². The van der Waals surface area contributed by atoms with Crippen molar-refractivity contribution < 1.29 is 80.2 Å². The van der Waals surface area contributed by atoms with E-state index >= 15 is 0 Å². The minimum absolute atomic E-state index is 0.108. The van der Waals surface area contributed by atoms with E-state index in [1.807, 2.05) is 0 Å². The van der Waals surface area contributed by atoms with E-state index in [1.165, 1.54) is 289 Å². The Balaban J connectivity index is 5.24. The second kappa shape index (κ2) is 79.3. The first-order valence-electron chi connectivity index (χ1n) is 45.5. The van der Waals surface area contributed by atoms with Crippen molar-refractivity contribution in [3.63, 3.8) is 0 Å². The number of ether oxygens (including phenoxy) is 4. The molecule has 107 heavy (non-hydrogen) atoms. The first-order chi connectivity index (χ1) is 51.9. The molecule has 5 atom stereocenters. The highest BCUT2D eigenvalue weighted by atomic mass is 31.2. The van der Waals surface area contributed by atoms with Gasteiger partial charge in [0.05, 0.1) is 26.4 Å². The summed E-state index contributed by atoms with van der Waals surface area (Å²) in [6, 6.07) is 0. The Kier molecular flexibility index (Phi) is 77.9. The highest BCUT2D eigenvalue weighted by Gasteiger charge is 2.30. The lowest BCUT2D eigenvalue weighted by Crippen LogP contribution is -2.30. The average molecular weight is 1560 g/mol. The van der Waals surface area contributed by atoms with E-state index in [2.05, 4.69) is 41.5 Å². The first-order valence-corrected chi connectivity index (χ1v) is 48.5. The van der Waals surface area contributed by atoms with E-state index < -0.39 is 97.5 Å². The number of phosphoric acid groups is 2. The molecule has 0 aliphatic carbocycles. The van der Waals surface area contributed by atoms with Gasteiger partial charge < -0.3 is 33.8 Å². The summed E-state index contributed by atoms with van der Waals surface area (Å²) in [5, 5.41) is 10.7. The Labute approximate surface area is 658 Å². The monoisotopic (exact) mass is 1560 g/mol. The average Bonchev–Trinajstić information content (AvgIpc) is 0.898. The maximum atomic E-state index is 13.2. The van der Waals surface area contributed by atoms with Crippen molar-refractivity contribution in [1.29, 1.82) is 0 Å². The van der Waals surface area contributed by atoms with Crippen LogP contribution in [0.25, 0.3) is 0 Å². The molecule has 0 fully saturated rings. The summed E-state index contributed by atoms with van der Waals surface area (Å²) in [5.74, 6) is -0.500. The number of aliphatic hydroxyl groups is 1. The van der Waals surface area contributed by atoms with Crippen LogP contribution in [-0.2, 0) is 65.4 Å². The van der Waals surface area contributed by atoms with Crippen LogP contribution in [-0.4, -0.2) is 96.7 Å². The molecule has 0 aliphatic rings. The number of phosphoric ester groups is 2. The molecule has 0 heterocycles. The van der Waals surface area contributed by atoms with E-state index in [9.17, 15) is 43.2 Å². The highest BCUT2D eigenvalue weighted by Crippen LogP contribution is 2.45. The molecular weight excluding hydrogens is 1390 g/mol. The number of rotatable bonds is 87. The molecule has 2 unspecified atom stereocenters. The smallest absolute Gasteiger partial charge is 0.462 e. The number of carbonyl (C=O) groups is 4. The van der Waals surface area contributed by atoms with E-state index in [-0.39, 0.29) is 25.7 Å². The third kappa shape index (κ3) is 81.9. The molecule has 0 saturated heterocycles. The summed E-state index contributed by atoms with van der Waals surface area (Å²) in [5.41, 5.74) is 0. The van der Waals surface area contributed by atoms with Gasteiger partial charge in [-0.2, -0.15) is 0 Å². The minimum atomic E-state index is -4.97. The topological polar surface area (TPSA) is 237 Å². The summed E-state index contributed by atoms with van der Waals surface area (Å²) < 4.78 is 69.0. The van der Waals surface area contributed by atoms with Gasteiger partial charge in [-0.3, -0.25) is 37.3 Å². The van der Waals surface area contributed by atoms with Crippen LogP contribution in [0.1, 0.15) is 472 Å². The summed E-state index contributed by atoms with van der Waals surface area (Å²) in [6.45, 7) is 9.73. The molecule has 0 spiro atoms. The second-order valence-corrected chi connectivity index (χ2v) is 35.5. The minimum Gasteiger partial charge on any atom is -0.462 e. The molecule has 0 saturated carbocycles. The molecule has 636 valence electrons. The van der Waals surface area contributed by atoms with Crippen molar-refractivity contribution in [3.05, 3.63) is 0 Å². The molecule has 0 radical (unpaired) electrons. The Hall–Kier alpha value is -1.94. The van der Waals surface area contributed by atoms with Gasteiger partial charge in [-0.05, 0) is 37.5 Å². The van der Waals surface area contributed by atoms with Gasteiger partial charge in [0.1, 0.15) is 19.3 Å². The van der Waals surface area contributed by atoms with Gasteiger partial charge in [0.15, 0.2) is 12.2 Å². The third-order valence-electron chi connectivity index (χ3n) is 20.7. The Morgan fingerprint density at radius 2 is 0.430 bits per heavy atom. The van der Waals surface area contributed by atoms with Crippen molar-refractivity contribution in [3.8, 4) is 0 Å². The normalized spacial score (nSPS) is 13.8. The van der Waals surface area contributed by atoms with Gasteiger partial charge in [0, 0.05) is 25.7 Å². The lowest BCUT2D eigenvalue weighted by atomic mass is 10.0. The van der Waals surface area contributed by atoms with Crippen LogP contribution in [0.2, 0.25) is 0 Å². The standard InChI is InChI=1S/C88H172O17P2/c1-7-9-11-13-15-17-19-20-21-22-23-24-25-26-31-36-42-48-54-60-66-72-87(92)105-84(77-99-86(91)71-65-59-53-47-41-35-30-28-27-29-33-39-44-50-56-62-68-80(3)4)79-103-107(96,97)101-75-82(89)74-100-106(94,95)102-78-83(76-98-85(90)70-64-58-52-46-38-18-16-14-12-10-8-2)104-88(93)73-67-61-55-49-43-37-32-34-40-45-51-57-63-69-81(5)6/h80-84,89H,7-79H2,1-6H3,(H,94,95)(H,96,97)/t82-,83+,84+/m0/s1. The van der Waals surface area contributed by atoms with Gasteiger partial charge in [0.25, 0.3) is 0 Å². The van der Waals surface area contributed by atoms with Crippen LogP contribution in [0.5, 0.6) is 0 Å². The summed E-state index contributed by atoms with van der Waals surface area (Å²) in [4.78, 5) is 73.3. The predicted molar refractivity (Wildman–Crippen MR) is 442 cm³/mol. The first kappa shape index (κ1) is 105. The maximum absolute atomic E-state index is 13.2. The molecule has 0 aliphatic heterocycles. The number of unbranched alkanes of at least 4 members (excludes halogenated alkanes) is 57. The summed E-state index contributed by atoms with van der Waals surface area (Å²) in [7, 11) is -9.93. The number of hydrogen-bond acceptors (Lipinski definition) is 15. The second-order valence-electron chi connectivity index (χ2n) is 32.6. The van der Waals surface area contributed by atoms with E-state index in [1.54, 1.807) is 0 Å². The number of hydrogen-bond donors (Lipinski definition) is 3. The fraction of sp³-hybridized carbons (Fsp3) is 0.955. The van der Waals surface area contributed by atoms with E-state index in [0.717, 1.165) is 102 Å². The zero-order valence-corrected chi connectivity index (χ0v) is 72.2.